The molecule has 8 heteroatoms. The van der Waals surface area contributed by atoms with Crippen LogP contribution in [0.5, 0.6) is 0 Å². The van der Waals surface area contributed by atoms with Gasteiger partial charge in [0, 0.05) is 38.1 Å². The number of aromatic nitrogens is 1. The SMILES string of the molecule is Cc1csc(N2CCCN(CC3CCN(C(=O)OCc4ccccc4)CC3)C2=O)n1. The largest absolute Gasteiger partial charge is 0.445 e. The first-order valence-electron chi connectivity index (χ1n) is 10.5. The monoisotopic (exact) mass is 428 g/mol. The Bertz CT molecular complexity index is 864. The van der Waals surface area contributed by atoms with Crippen molar-refractivity contribution in [1.29, 1.82) is 0 Å². The van der Waals surface area contributed by atoms with Gasteiger partial charge in [-0.15, -0.1) is 11.3 Å². The smallest absolute Gasteiger partial charge is 0.410 e. The van der Waals surface area contributed by atoms with E-state index in [1.54, 1.807) is 9.80 Å². The van der Waals surface area contributed by atoms with Gasteiger partial charge in [-0.05, 0) is 37.7 Å². The van der Waals surface area contributed by atoms with Crippen LogP contribution in [-0.2, 0) is 11.3 Å². The molecular formula is C22H28N4O3S. The van der Waals surface area contributed by atoms with Gasteiger partial charge >= 0.3 is 12.1 Å². The molecule has 0 bridgehead atoms. The predicted octanol–water partition coefficient (Wildman–Crippen LogP) is 4.13. The number of carbonyl (C=O) groups is 2. The van der Waals surface area contributed by atoms with Crippen molar-refractivity contribution < 1.29 is 14.3 Å². The zero-order valence-electron chi connectivity index (χ0n) is 17.3. The lowest BCUT2D eigenvalue weighted by atomic mass is 9.96. The van der Waals surface area contributed by atoms with E-state index < -0.39 is 0 Å². The van der Waals surface area contributed by atoms with Gasteiger partial charge in [-0.1, -0.05) is 30.3 Å². The molecule has 2 aromatic rings. The minimum Gasteiger partial charge on any atom is -0.445 e. The fourth-order valence-electron chi connectivity index (χ4n) is 4.01. The molecule has 160 valence electrons. The maximum absolute atomic E-state index is 12.9. The highest BCUT2D eigenvalue weighted by Crippen LogP contribution is 2.26. The van der Waals surface area contributed by atoms with Crippen LogP contribution in [0.3, 0.4) is 0 Å². The Morgan fingerprint density at radius 3 is 2.63 bits per heavy atom. The summed E-state index contributed by atoms with van der Waals surface area (Å²) in [5.41, 5.74) is 1.94. The normalized spacial score (nSPS) is 18.0. The second-order valence-corrected chi connectivity index (χ2v) is 8.81. The van der Waals surface area contributed by atoms with Crippen LogP contribution in [0.25, 0.3) is 0 Å². The molecule has 4 rings (SSSR count). The van der Waals surface area contributed by atoms with Gasteiger partial charge < -0.3 is 14.5 Å². The lowest BCUT2D eigenvalue weighted by molar-refractivity contribution is 0.0783. The van der Waals surface area contributed by atoms with E-state index >= 15 is 0 Å². The highest BCUT2D eigenvalue weighted by atomic mass is 32.1. The van der Waals surface area contributed by atoms with E-state index in [0.717, 1.165) is 55.3 Å². The molecule has 30 heavy (non-hydrogen) atoms. The number of rotatable bonds is 5. The molecule has 3 heterocycles. The molecule has 2 saturated heterocycles. The predicted molar refractivity (Wildman–Crippen MR) is 117 cm³/mol. The molecule has 2 fully saturated rings. The van der Waals surface area contributed by atoms with Crippen LogP contribution in [0.4, 0.5) is 14.7 Å². The Hall–Kier alpha value is -2.61. The third-order valence-corrected chi connectivity index (χ3v) is 6.69. The molecule has 1 aromatic heterocycles. The summed E-state index contributed by atoms with van der Waals surface area (Å²) >= 11 is 1.52. The van der Waals surface area contributed by atoms with Gasteiger partial charge in [0.15, 0.2) is 5.13 Å². The number of urea groups is 1. The Morgan fingerprint density at radius 1 is 1.17 bits per heavy atom. The van der Waals surface area contributed by atoms with E-state index in [2.05, 4.69) is 4.98 Å². The molecule has 0 radical (unpaired) electrons. The summed E-state index contributed by atoms with van der Waals surface area (Å²) in [7, 11) is 0. The van der Waals surface area contributed by atoms with Crippen molar-refractivity contribution in [3.8, 4) is 0 Å². The first kappa shape index (κ1) is 20.7. The number of hydrogen-bond acceptors (Lipinski definition) is 5. The first-order chi connectivity index (χ1) is 14.6. The second-order valence-electron chi connectivity index (χ2n) is 7.98. The number of hydrogen-bond donors (Lipinski definition) is 0. The summed E-state index contributed by atoms with van der Waals surface area (Å²) in [6.45, 7) is 5.86. The number of piperidine rings is 1. The molecule has 0 spiro atoms. The van der Waals surface area contributed by atoms with E-state index in [4.69, 9.17) is 4.74 Å². The van der Waals surface area contributed by atoms with Crippen LogP contribution in [0, 0.1) is 12.8 Å². The highest BCUT2D eigenvalue weighted by Gasteiger charge is 2.32. The minimum atomic E-state index is -0.253. The number of thiazole rings is 1. The molecule has 1 aromatic carbocycles. The summed E-state index contributed by atoms with van der Waals surface area (Å²) in [6, 6.07) is 9.78. The zero-order chi connectivity index (χ0) is 20.9. The fourth-order valence-corrected chi connectivity index (χ4v) is 4.84. The van der Waals surface area contributed by atoms with E-state index in [0.29, 0.717) is 25.6 Å². The molecule has 0 aliphatic carbocycles. The molecule has 7 nitrogen and oxygen atoms in total. The quantitative estimate of drug-likeness (QED) is 0.718. The van der Waals surface area contributed by atoms with Gasteiger partial charge in [0.1, 0.15) is 6.61 Å². The van der Waals surface area contributed by atoms with Gasteiger partial charge in [-0.3, -0.25) is 4.90 Å². The Balaban J connectivity index is 1.24. The average molecular weight is 429 g/mol. The average Bonchev–Trinajstić information content (AvgIpc) is 3.21. The Labute approximate surface area is 181 Å². The Kier molecular flexibility index (Phi) is 6.52. The third kappa shape index (κ3) is 4.92. The molecule has 0 N–H and O–H groups in total. The van der Waals surface area contributed by atoms with Crippen LogP contribution in [-0.4, -0.2) is 59.6 Å². The first-order valence-corrected chi connectivity index (χ1v) is 11.4. The number of amides is 3. The number of aryl methyl sites for hydroxylation is 1. The molecule has 2 aliphatic rings. The molecule has 0 saturated carbocycles. The number of likely N-dealkylation sites (tertiary alicyclic amines) is 1. The van der Waals surface area contributed by atoms with Crippen molar-refractivity contribution in [1.82, 2.24) is 14.8 Å². The van der Waals surface area contributed by atoms with Crippen LogP contribution < -0.4 is 4.90 Å². The van der Waals surface area contributed by atoms with Gasteiger partial charge in [-0.25, -0.2) is 14.6 Å². The zero-order valence-corrected chi connectivity index (χ0v) is 18.1. The number of nitrogens with zero attached hydrogens (tertiary/aromatic N) is 4. The molecule has 3 amide bonds. The summed E-state index contributed by atoms with van der Waals surface area (Å²) in [5, 5.41) is 2.77. The maximum atomic E-state index is 12.9. The highest BCUT2D eigenvalue weighted by molar-refractivity contribution is 7.14. The van der Waals surface area contributed by atoms with Gasteiger partial charge in [0.2, 0.25) is 0 Å². The van der Waals surface area contributed by atoms with Gasteiger partial charge in [0.05, 0.1) is 5.69 Å². The Morgan fingerprint density at radius 2 is 1.93 bits per heavy atom. The molecular weight excluding hydrogens is 400 g/mol. The lowest BCUT2D eigenvalue weighted by Crippen LogP contribution is -2.52. The van der Waals surface area contributed by atoms with Crippen LogP contribution in [0.1, 0.15) is 30.5 Å². The van der Waals surface area contributed by atoms with E-state index in [9.17, 15) is 9.59 Å². The second kappa shape index (κ2) is 9.47. The minimum absolute atomic E-state index is 0.0558. The van der Waals surface area contributed by atoms with Crippen LogP contribution in [0.2, 0.25) is 0 Å². The fraction of sp³-hybridized carbons (Fsp3) is 0.500. The summed E-state index contributed by atoms with van der Waals surface area (Å²) in [6.07, 6.45) is 2.48. The third-order valence-electron chi connectivity index (χ3n) is 5.71. The van der Waals surface area contributed by atoms with E-state index in [-0.39, 0.29) is 12.1 Å². The summed E-state index contributed by atoms with van der Waals surface area (Å²) in [5.74, 6) is 0.408. The topological polar surface area (TPSA) is 66.0 Å². The van der Waals surface area contributed by atoms with Crippen LogP contribution in [0.15, 0.2) is 35.7 Å². The van der Waals surface area contributed by atoms with Gasteiger partial charge in [-0.2, -0.15) is 0 Å². The molecule has 2 aliphatic heterocycles. The van der Waals surface area contributed by atoms with E-state index in [1.807, 2.05) is 47.5 Å². The number of carbonyl (C=O) groups excluding carboxylic acids is 2. The van der Waals surface area contributed by atoms with Crippen molar-refractivity contribution in [2.24, 2.45) is 5.92 Å². The van der Waals surface area contributed by atoms with Crippen molar-refractivity contribution >= 4 is 28.6 Å². The standard InChI is InChI=1S/C22H28N4O3S/c1-17-16-30-20(23-17)26-11-5-10-25(21(26)27)14-18-8-12-24(13-9-18)22(28)29-15-19-6-3-2-4-7-19/h2-4,6-7,16,18H,5,8-15H2,1H3. The maximum Gasteiger partial charge on any atom is 0.410 e. The molecule has 0 unspecified atom stereocenters. The van der Waals surface area contributed by atoms with Crippen LogP contribution >= 0.6 is 11.3 Å². The number of ether oxygens (including phenoxy) is 1. The van der Waals surface area contributed by atoms with Crippen molar-refractivity contribution in [3.05, 3.63) is 47.0 Å². The summed E-state index contributed by atoms with van der Waals surface area (Å²) in [4.78, 5) is 35.3. The number of benzene rings is 1. The van der Waals surface area contributed by atoms with Crippen molar-refractivity contribution in [2.45, 2.75) is 32.8 Å². The van der Waals surface area contributed by atoms with E-state index in [1.165, 1.54) is 11.3 Å². The van der Waals surface area contributed by atoms with Gasteiger partial charge in [0.25, 0.3) is 0 Å². The van der Waals surface area contributed by atoms with Crippen molar-refractivity contribution in [3.63, 3.8) is 0 Å². The lowest BCUT2D eigenvalue weighted by Gasteiger charge is -2.38. The van der Waals surface area contributed by atoms with Crippen molar-refractivity contribution in [2.75, 3.05) is 37.6 Å². The molecule has 0 atom stereocenters. The number of anilines is 1. The summed E-state index contributed by atoms with van der Waals surface area (Å²) < 4.78 is 5.44.